The molecular weight excluding hydrogens is 563 g/mol. The molecule has 3 amide bonds. The molecule has 43 heavy (non-hydrogen) atoms. The molecule has 0 aliphatic rings. The standard InChI is InChI=1S/C30H38F3N7O3/c31-30(32,33)23-9-7-20(8-10-23)17-26(27(41)18-21-16-22-4-1-2-6-25(22)38-19-21)39-28(42)24(36)5-3-13-37-29(43)40(14-11-34)15-12-35/h1-2,4,6-10,16,19,24,26H,3,5,11-15,17-18,34-36H2,(H,37,43)(H,39,42)/t24-,26+/m0/s1. The van der Waals surface area contributed by atoms with Crippen molar-refractivity contribution < 1.29 is 27.6 Å². The Morgan fingerprint density at radius 2 is 1.63 bits per heavy atom. The van der Waals surface area contributed by atoms with Gasteiger partial charge in [0.05, 0.1) is 23.2 Å². The van der Waals surface area contributed by atoms with Crippen LogP contribution in [-0.2, 0) is 28.6 Å². The molecule has 2 aromatic carbocycles. The summed E-state index contributed by atoms with van der Waals surface area (Å²) in [5.74, 6) is -0.925. The van der Waals surface area contributed by atoms with Crippen LogP contribution in [0, 0.1) is 0 Å². The molecule has 3 aromatic rings. The third kappa shape index (κ3) is 10.3. The van der Waals surface area contributed by atoms with Crippen molar-refractivity contribution in [3.8, 4) is 0 Å². The minimum absolute atomic E-state index is 0.0232. The number of hydrogen-bond donors (Lipinski definition) is 5. The lowest BCUT2D eigenvalue weighted by Gasteiger charge is -2.22. The maximum atomic E-state index is 13.4. The van der Waals surface area contributed by atoms with E-state index in [1.807, 2.05) is 30.3 Å². The lowest BCUT2D eigenvalue weighted by Crippen LogP contribution is -2.50. The van der Waals surface area contributed by atoms with Gasteiger partial charge in [-0.3, -0.25) is 14.6 Å². The molecule has 232 valence electrons. The highest BCUT2D eigenvalue weighted by molar-refractivity contribution is 5.92. The molecule has 0 fully saturated rings. The van der Waals surface area contributed by atoms with Gasteiger partial charge in [-0.25, -0.2) is 4.79 Å². The molecule has 0 radical (unpaired) electrons. The third-order valence-corrected chi connectivity index (χ3v) is 6.84. The molecule has 0 bridgehead atoms. The van der Waals surface area contributed by atoms with E-state index in [-0.39, 0.29) is 37.6 Å². The fourth-order valence-electron chi connectivity index (χ4n) is 4.51. The second-order valence-corrected chi connectivity index (χ2v) is 10.2. The third-order valence-electron chi connectivity index (χ3n) is 6.84. The number of para-hydroxylation sites is 1. The van der Waals surface area contributed by atoms with Crippen LogP contribution in [0.5, 0.6) is 0 Å². The molecular formula is C30H38F3N7O3. The Hall–Kier alpha value is -4.07. The van der Waals surface area contributed by atoms with Gasteiger partial charge in [0.15, 0.2) is 5.78 Å². The monoisotopic (exact) mass is 601 g/mol. The van der Waals surface area contributed by atoms with Crippen molar-refractivity contribution in [2.75, 3.05) is 32.7 Å². The van der Waals surface area contributed by atoms with E-state index < -0.39 is 29.7 Å². The summed E-state index contributed by atoms with van der Waals surface area (Å²) in [4.78, 5) is 44.6. The number of carbonyl (C=O) groups excluding carboxylic acids is 3. The SMILES string of the molecule is NCCN(CCN)C(=O)NCCC[C@H](N)C(=O)N[C@H](Cc1ccc(C(F)(F)F)cc1)C(=O)Cc1cnc2ccccc2c1. The van der Waals surface area contributed by atoms with E-state index in [9.17, 15) is 27.6 Å². The number of amides is 3. The number of rotatable bonds is 15. The summed E-state index contributed by atoms with van der Waals surface area (Å²) < 4.78 is 39.1. The van der Waals surface area contributed by atoms with E-state index >= 15 is 0 Å². The van der Waals surface area contributed by atoms with E-state index in [1.165, 1.54) is 17.0 Å². The molecule has 2 atom stereocenters. The maximum absolute atomic E-state index is 13.4. The van der Waals surface area contributed by atoms with Crippen LogP contribution >= 0.6 is 0 Å². The largest absolute Gasteiger partial charge is 0.416 e. The Bertz CT molecular complexity index is 1360. The van der Waals surface area contributed by atoms with Crippen molar-refractivity contribution in [3.05, 3.63) is 77.5 Å². The predicted octanol–water partition coefficient (Wildman–Crippen LogP) is 2.13. The quantitative estimate of drug-likeness (QED) is 0.166. The molecule has 8 N–H and O–H groups in total. The van der Waals surface area contributed by atoms with Crippen molar-refractivity contribution >= 4 is 28.6 Å². The highest BCUT2D eigenvalue weighted by atomic mass is 19.4. The lowest BCUT2D eigenvalue weighted by atomic mass is 9.96. The minimum Gasteiger partial charge on any atom is -0.345 e. The van der Waals surface area contributed by atoms with E-state index in [0.29, 0.717) is 43.7 Å². The first-order valence-corrected chi connectivity index (χ1v) is 14.0. The number of Topliss-reactive ketones (excluding diaryl/α,β-unsaturated/α-hetero) is 1. The number of halogens is 3. The summed E-state index contributed by atoms with van der Waals surface area (Å²) >= 11 is 0. The molecule has 0 saturated heterocycles. The lowest BCUT2D eigenvalue weighted by molar-refractivity contribution is -0.137. The molecule has 1 heterocycles. The first kappa shape index (κ1) is 33.4. The van der Waals surface area contributed by atoms with Gasteiger partial charge >= 0.3 is 12.2 Å². The molecule has 0 saturated carbocycles. The maximum Gasteiger partial charge on any atom is 0.416 e. The van der Waals surface area contributed by atoms with Crippen molar-refractivity contribution in [2.45, 2.75) is 43.9 Å². The van der Waals surface area contributed by atoms with Gasteiger partial charge in [0.25, 0.3) is 0 Å². The van der Waals surface area contributed by atoms with Crippen LogP contribution in [-0.4, -0.2) is 72.4 Å². The first-order valence-electron chi connectivity index (χ1n) is 14.0. The average Bonchev–Trinajstić information content (AvgIpc) is 2.98. The van der Waals surface area contributed by atoms with E-state index in [4.69, 9.17) is 17.2 Å². The van der Waals surface area contributed by atoms with Gasteiger partial charge in [-0.2, -0.15) is 13.2 Å². The van der Waals surface area contributed by atoms with Crippen molar-refractivity contribution in [1.29, 1.82) is 0 Å². The van der Waals surface area contributed by atoms with Crippen molar-refractivity contribution in [3.63, 3.8) is 0 Å². The van der Waals surface area contributed by atoms with Gasteiger partial charge in [-0.1, -0.05) is 30.3 Å². The van der Waals surface area contributed by atoms with Gasteiger partial charge in [-0.15, -0.1) is 0 Å². The normalized spacial score (nSPS) is 12.9. The zero-order chi connectivity index (χ0) is 31.4. The molecule has 10 nitrogen and oxygen atoms in total. The van der Waals surface area contributed by atoms with Crippen LogP contribution in [0.2, 0.25) is 0 Å². The van der Waals surface area contributed by atoms with Gasteiger partial charge in [0.1, 0.15) is 0 Å². The van der Waals surface area contributed by atoms with Crippen LogP contribution in [0.1, 0.15) is 29.5 Å². The van der Waals surface area contributed by atoms with Gasteiger partial charge in [0.2, 0.25) is 5.91 Å². The summed E-state index contributed by atoms with van der Waals surface area (Å²) in [7, 11) is 0. The molecule has 0 unspecified atom stereocenters. The summed E-state index contributed by atoms with van der Waals surface area (Å²) in [6.07, 6.45) is -2.38. The number of alkyl halides is 3. The summed E-state index contributed by atoms with van der Waals surface area (Å²) in [5, 5.41) is 6.28. The first-order chi connectivity index (χ1) is 20.5. The number of nitrogens with zero attached hydrogens (tertiary/aromatic N) is 2. The topological polar surface area (TPSA) is 169 Å². The second-order valence-electron chi connectivity index (χ2n) is 10.2. The number of urea groups is 1. The number of nitrogens with one attached hydrogen (secondary N) is 2. The van der Waals surface area contributed by atoms with Gasteiger partial charge < -0.3 is 32.7 Å². The minimum atomic E-state index is -4.50. The molecule has 0 aliphatic heterocycles. The Morgan fingerprint density at radius 1 is 0.953 bits per heavy atom. The van der Waals surface area contributed by atoms with E-state index in [1.54, 1.807) is 6.20 Å². The summed E-state index contributed by atoms with van der Waals surface area (Å²) in [5.41, 5.74) is 18.2. The van der Waals surface area contributed by atoms with Crippen LogP contribution < -0.4 is 27.8 Å². The highest BCUT2D eigenvalue weighted by Gasteiger charge is 2.30. The fraction of sp³-hybridized carbons (Fsp3) is 0.400. The highest BCUT2D eigenvalue weighted by Crippen LogP contribution is 2.29. The van der Waals surface area contributed by atoms with Crippen LogP contribution in [0.4, 0.5) is 18.0 Å². The number of benzene rings is 2. The predicted molar refractivity (Wildman–Crippen MR) is 158 cm³/mol. The number of carbonyl (C=O) groups is 3. The summed E-state index contributed by atoms with van der Waals surface area (Å²) in [6, 6.07) is 11.4. The summed E-state index contributed by atoms with van der Waals surface area (Å²) in [6.45, 7) is 1.56. The van der Waals surface area contributed by atoms with E-state index in [2.05, 4.69) is 15.6 Å². The zero-order valence-electron chi connectivity index (χ0n) is 23.8. The molecule has 3 rings (SSSR count). The molecule has 13 heteroatoms. The van der Waals surface area contributed by atoms with Crippen molar-refractivity contribution in [1.82, 2.24) is 20.5 Å². The fourth-order valence-corrected chi connectivity index (χ4v) is 4.51. The number of hydrogen-bond acceptors (Lipinski definition) is 7. The second kappa shape index (κ2) is 16.0. The van der Waals surface area contributed by atoms with Crippen LogP contribution in [0.25, 0.3) is 10.9 Å². The Kier molecular flexibility index (Phi) is 12.4. The average molecular weight is 602 g/mol. The molecule has 0 spiro atoms. The number of fused-ring (bicyclic) bond motifs is 1. The van der Waals surface area contributed by atoms with E-state index in [0.717, 1.165) is 23.0 Å². The van der Waals surface area contributed by atoms with Crippen LogP contribution in [0.3, 0.4) is 0 Å². The Balaban J connectivity index is 1.65. The smallest absolute Gasteiger partial charge is 0.345 e. The number of aromatic nitrogens is 1. The van der Waals surface area contributed by atoms with Crippen molar-refractivity contribution in [2.24, 2.45) is 17.2 Å². The number of pyridine rings is 1. The van der Waals surface area contributed by atoms with Gasteiger partial charge in [0, 0.05) is 50.7 Å². The van der Waals surface area contributed by atoms with Gasteiger partial charge in [-0.05, 0) is 54.7 Å². The molecule has 0 aliphatic carbocycles. The Labute approximate surface area is 248 Å². The molecule has 1 aromatic heterocycles. The number of nitrogens with two attached hydrogens (primary N) is 3. The number of ketones is 1. The Morgan fingerprint density at radius 3 is 2.28 bits per heavy atom. The zero-order valence-corrected chi connectivity index (χ0v) is 23.8. The van der Waals surface area contributed by atoms with Crippen LogP contribution in [0.15, 0.2) is 60.8 Å².